The lowest BCUT2D eigenvalue weighted by Gasteiger charge is -2.20. The maximum atomic E-state index is 12.9. The fraction of sp³-hybridized carbons (Fsp3) is 0.188. The van der Waals surface area contributed by atoms with E-state index in [1.54, 1.807) is 36.4 Å². The summed E-state index contributed by atoms with van der Waals surface area (Å²) in [6.45, 7) is -0.312. The van der Waals surface area contributed by atoms with Crippen LogP contribution in [0.2, 0.25) is 0 Å². The van der Waals surface area contributed by atoms with E-state index in [2.05, 4.69) is 4.74 Å². The highest BCUT2D eigenvalue weighted by Gasteiger charge is 2.44. The maximum Gasteiger partial charge on any atom is 0.452 e. The topological polar surface area (TPSA) is 35.5 Å². The molecule has 3 nitrogen and oxygen atoms in total. The summed E-state index contributed by atoms with van der Waals surface area (Å²) < 4.78 is 47.8. The Morgan fingerprint density at radius 3 is 2.05 bits per heavy atom. The Morgan fingerprint density at radius 2 is 1.50 bits per heavy atom. The molecule has 0 amide bonds. The molecule has 0 saturated carbocycles. The monoisotopic (exact) mass is 310 g/mol. The average Bonchev–Trinajstić information content (AvgIpc) is 2.52. The maximum absolute atomic E-state index is 12.9. The molecule has 116 valence electrons. The summed E-state index contributed by atoms with van der Waals surface area (Å²) in [5, 5.41) is 0. The highest BCUT2D eigenvalue weighted by molar-refractivity contribution is 5.89. The summed E-state index contributed by atoms with van der Waals surface area (Å²) in [5.41, 5.74) is 0.576. The van der Waals surface area contributed by atoms with E-state index in [9.17, 15) is 18.0 Å². The van der Waals surface area contributed by atoms with Crippen molar-refractivity contribution >= 4 is 5.97 Å². The van der Waals surface area contributed by atoms with Crippen LogP contribution in [0.25, 0.3) is 0 Å². The molecule has 2 rings (SSSR count). The van der Waals surface area contributed by atoms with Gasteiger partial charge in [-0.2, -0.15) is 13.2 Å². The SMILES string of the molecule is O=C(O[C@H](OCc1ccccc1)C(F)(F)F)c1ccccc1. The zero-order valence-corrected chi connectivity index (χ0v) is 11.4. The van der Waals surface area contributed by atoms with Gasteiger partial charge in [0.1, 0.15) is 0 Å². The number of alkyl halides is 3. The van der Waals surface area contributed by atoms with Gasteiger partial charge < -0.3 is 9.47 Å². The van der Waals surface area contributed by atoms with Crippen molar-refractivity contribution in [2.75, 3.05) is 0 Å². The van der Waals surface area contributed by atoms with Crippen molar-refractivity contribution in [1.29, 1.82) is 0 Å². The summed E-state index contributed by atoms with van der Waals surface area (Å²) in [5.74, 6) is -1.09. The van der Waals surface area contributed by atoms with Crippen LogP contribution in [0.15, 0.2) is 60.7 Å². The van der Waals surface area contributed by atoms with Crippen molar-refractivity contribution in [1.82, 2.24) is 0 Å². The lowest BCUT2D eigenvalue weighted by atomic mass is 10.2. The molecule has 6 heteroatoms. The van der Waals surface area contributed by atoms with Gasteiger partial charge in [-0.1, -0.05) is 48.5 Å². The first-order valence-corrected chi connectivity index (χ1v) is 6.45. The highest BCUT2D eigenvalue weighted by atomic mass is 19.4. The van der Waals surface area contributed by atoms with Gasteiger partial charge in [0, 0.05) is 0 Å². The Morgan fingerprint density at radius 1 is 0.955 bits per heavy atom. The smallest absolute Gasteiger partial charge is 0.422 e. The van der Waals surface area contributed by atoms with Gasteiger partial charge in [-0.25, -0.2) is 4.79 Å². The lowest BCUT2D eigenvalue weighted by Crippen LogP contribution is -2.36. The van der Waals surface area contributed by atoms with E-state index in [1.807, 2.05) is 0 Å². The van der Waals surface area contributed by atoms with E-state index in [4.69, 9.17) is 4.74 Å². The molecule has 0 aromatic heterocycles. The van der Waals surface area contributed by atoms with E-state index in [0.29, 0.717) is 5.56 Å². The van der Waals surface area contributed by atoms with Crippen LogP contribution in [0, 0.1) is 0 Å². The Bertz CT molecular complexity index is 597. The van der Waals surface area contributed by atoms with Crippen LogP contribution in [0.5, 0.6) is 0 Å². The number of hydrogen-bond acceptors (Lipinski definition) is 3. The third-order valence-electron chi connectivity index (χ3n) is 2.74. The first-order chi connectivity index (χ1) is 10.5. The van der Waals surface area contributed by atoms with Crippen LogP contribution in [0.4, 0.5) is 13.2 Å². The molecule has 0 spiro atoms. The molecule has 0 bridgehead atoms. The number of hydrogen-bond donors (Lipinski definition) is 0. The average molecular weight is 310 g/mol. The minimum absolute atomic E-state index is 0.0278. The predicted octanol–water partition coefficient (Wildman–Crippen LogP) is 3.95. The van der Waals surface area contributed by atoms with Crippen LogP contribution in [-0.4, -0.2) is 18.4 Å². The van der Waals surface area contributed by atoms with Crippen molar-refractivity contribution in [3.63, 3.8) is 0 Å². The van der Waals surface area contributed by atoms with Crippen molar-refractivity contribution in [3.05, 3.63) is 71.8 Å². The summed E-state index contributed by atoms with van der Waals surface area (Å²) in [7, 11) is 0. The molecule has 0 radical (unpaired) electrons. The third kappa shape index (κ3) is 4.60. The molecule has 2 aromatic rings. The van der Waals surface area contributed by atoms with Gasteiger partial charge in [-0.05, 0) is 17.7 Å². The molecular weight excluding hydrogens is 297 g/mol. The number of rotatable bonds is 5. The van der Waals surface area contributed by atoms with Gasteiger partial charge in [-0.15, -0.1) is 0 Å². The Hall–Kier alpha value is -2.34. The van der Waals surface area contributed by atoms with Crippen molar-refractivity contribution < 1.29 is 27.4 Å². The van der Waals surface area contributed by atoms with Crippen LogP contribution in [-0.2, 0) is 16.1 Å². The summed E-state index contributed by atoms with van der Waals surface area (Å²) in [6, 6.07) is 15.8. The van der Waals surface area contributed by atoms with Gasteiger partial charge in [0.25, 0.3) is 0 Å². The second kappa shape index (κ2) is 7.09. The number of ether oxygens (including phenoxy) is 2. The van der Waals surface area contributed by atoms with Crippen LogP contribution < -0.4 is 0 Å². The molecular formula is C16H13F3O3. The zero-order chi connectivity index (χ0) is 16.0. The van der Waals surface area contributed by atoms with Crippen LogP contribution >= 0.6 is 0 Å². The first kappa shape index (κ1) is 16.0. The fourth-order valence-corrected chi connectivity index (χ4v) is 1.68. The van der Waals surface area contributed by atoms with E-state index < -0.39 is 18.4 Å². The molecule has 1 atom stereocenters. The third-order valence-corrected chi connectivity index (χ3v) is 2.74. The predicted molar refractivity (Wildman–Crippen MR) is 72.9 cm³/mol. The van der Waals surface area contributed by atoms with Crippen molar-refractivity contribution in [2.24, 2.45) is 0 Å². The number of esters is 1. The second-order valence-electron chi connectivity index (χ2n) is 4.44. The second-order valence-corrected chi connectivity index (χ2v) is 4.44. The summed E-state index contributed by atoms with van der Waals surface area (Å²) >= 11 is 0. The molecule has 22 heavy (non-hydrogen) atoms. The van der Waals surface area contributed by atoms with Gasteiger partial charge >= 0.3 is 18.4 Å². The Labute approximate surface area is 125 Å². The molecule has 0 N–H and O–H groups in total. The largest absolute Gasteiger partial charge is 0.452 e. The van der Waals surface area contributed by atoms with E-state index in [0.717, 1.165) is 0 Å². The molecule has 0 aliphatic heterocycles. The molecule has 0 saturated heterocycles. The lowest BCUT2D eigenvalue weighted by molar-refractivity contribution is -0.295. The van der Waals surface area contributed by atoms with E-state index in [1.165, 1.54) is 24.3 Å². The van der Waals surface area contributed by atoms with Crippen LogP contribution in [0.1, 0.15) is 15.9 Å². The van der Waals surface area contributed by atoms with E-state index in [-0.39, 0.29) is 12.2 Å². The van der Waals surface area contributed by atoms with Crippen molar-refractivity contribution in [2.45, 2.75) is 19.1 Å². The number of carbonyl (C=O) groups excluding carboxylic acids is 1. The van der Waals surface area contributed by atoms with Crippen LogP contribution in [0.3, 0.4) is 0 Å². The summed E-state index contributed by atoms with van der Waals surface area (Å²) in [6.07, 6.45) is -7.42. The number of benzene rings is 2. The Balaban J connectivity index is 2.02. The minimum atomic E-state index is -4.81. The molecule has 2 aromatic carbocycles. The molecule has 0 unspecified atom stereocenters. The first-order valence-electron chi connectivity index (χ1n) is 6.45. The highest BCUT2D eigenvalue weighted by Crippen LogP contribution is 2.25. The zero-order valence-electron chi connectivity index (χ0n) is 11.4. The quantitative estimate of drug-likeness (QED) is 0.619. The van der Waals surface area contributed by atoms with Gasteiger partial charge in [0.15, 0.2) is 0 Å². The standard InChI is InChI=1S/C16H13F3O3/c17-16(18,19)15(21-11-12-7-3-1-4-8-12)22-14(20)13-9-5-2-6-10-13/h1-10,15H,11H2/t15-/m0/s1. The minimum Gasteiger partial charge on any atom is -0.422 e. The molecule has 0 fully saturated rings. The molecule has 0 aliphatic carbocycles. The number of carbonyl (C=O) groups is 1. The fourth-order valence-electron chi connectivity index (χ4n) is 1.68. The van der Waals surface area contributed by atoms with E-state index >= 15 is 0 Å². The molecule has 0 heterocycles. The van der Waals surface area contributed by atoms with Gasteiger partial charge in [0.2, 0.25) is 0 Å². The van der Waals surface area contributed by atoms with Crippen molar-refractivity contribution in [3.8, 4) is 0 Å². The summed E-state index contributed by atoms with van der Waals surface area (Å²) in [4.78, 5) is 11.7. The van der Waals surface area contributed by atoms with Gasteiger partial charge in [-0.3, -0.25) is 0 Å². The number of halogens is 3. The molecule has 0 aliphatic rings. The Kier molecular flexibility index (Phi) is 5.16. The normalized spacial score (nSPS) is 12.7. The van der Waals surface area contributed by atoms with Gasteiger partial charge in [0.05, 0.1) is 12.2 Å².